The maximum absolute atomic E-state index is 13.3. The Hall–Kier alpha value is -3.04. The van der Waals surface area contributed by atoms with Gasteiger partial charge in [-0.3, -0.25) is 14.5 Å². The van der Waals surface area contributed by atoms with Crippen LogP contribution in [0.4, 0.5) is 9.18 Å². The number of rotatable bonds is 6. The van der Waals surface area contributed by atoms with Crippen molar-refractivity contribution in [1.82, 2.24) is 30.4 Å². The van der Waals surface area contributed by atoms with Crippen LogP contribution in [0.1, 0.15) is 16.3 Å². The van der Waals surface area contributed by atoms with Crippen LogP contribution in [0, 0.1) is 5.82 Å². The summed E-state index contributed by atoms with van der Waals surface area (Å²) in [5, 5.41) is 16.9. The molecule has 0 aliphatic heterocycles. The van der Waals surface area contributed by atoms with Crippen LogP contribution in [-0.4, -0.2) is 43.4 Å². The molecule has 0 aliphatic carbocycles. The number of carbonyl (C=O) groups is 2. The molecule has 10 heteroatoms. The Morgan fingerprint density at radius 3 is 2.86 bits per heavy atom. The third kappa shape index (κ3) is 4.23. The third-order valence-electron chi connectivity index (χ3n) is 2.61. The maximum Gasteiger partial charge on any atom is 0.404 e. The van der Waals surface area contributed by atoms with Crippen LogP contribution in [-0.2, 0) is 13.1 Å². The molecule has 0 fully saturated rings. The zero-order valence-electron chi connectivity index (χ0n) is 11.4. The molecule has 0 radical (unpaired) electrons. The van der Waals surface area contributed by atoms with Gasteiger partial charge >= 0.3 is 6.09 Å². The number of hydrogen-bond donors (Lipinski definition) is 3. The van der Waals surface area contributed by atoms with Crippen LogP contribution < -0.4 is 10.6 Å². The second-order valence-electron chi connectivity index (χ2n) is 4.18. The molecule has 0 unspecified atom stereocenters. The molecule has 0 atom stereocenters. The van der Waals surface area contributed by atoms with Gasteiger partial charge in [0.25, 0.3) is 5.91 Å². The van der Waals surface area contributed by atoms with E-state index >= 15 is 0 Å². The van der Waals surface area contributed by atoms with E-state index in [1.165, 1.54) is 29.3 Å². The quantitative estimate of drug-likeness (QED) is 0.691. The van der Waals surface area contributed by atoms with Crippen LogP contribution in [0.15, 0.2) is 24.7 Å². The lowest BCUT2D eigenvalue weighted by Gasteiger charge is -2.03. The van der Waals surface area contributed by atoms with E-state index in [0.717, 1.165) is 0 Å². The Morgan fingerprint density at radius 2 is 2.14 bits per heavy atom. The average Bonchev–Trinajstić information content (AvgIpc) is 2.94. The number of nitrogens with one attached hydrogen (secondary N) is 2. The van der Waals surface area contributed by atoms with E-state index in [2.05, 4.69) is 25.7 Å². The molecule has 2 rings (SSSR count). The maximum atomic E-state index is 13.3. The first-order valence-electron chi connectivity index (χ1n) is 6.30. The summed E-state index contributed by atoms with van der Waals surface area (Å²) in [6, 6.07) is 2.70. The van der Waals surface area contributed by atoms with Crippen molar-refractivity contribution in [2.45, 2.75) is 13.1 Å². The molecule has 2 aromatic rings. The largest absolute Gasteiger partial charge is 0.465 e. The molecule has 0 saturated heterocycles. The van der Waals surface area contributed by atoms with E-state index in [9.17, 15) is 14.0 Å². The topological polar surface area (TPSA) is 122 Å². The number of pyridine rings is 1. The van der Waals surface area contributed by atoms with Gasteiger partial charge in [0.05, 0.1) is 18.8 Å². The number of amides is 2. The van der Waals surface area contributed by atoms with E-state index < -0.39 is 17.8 Å². The van der Waals surface area contributed by atoms with Gasteiger partial charge in [0.1, 0.15) is 12.1 Å². The monoisotopic (exact) mass is 308 g/mol. The molecular weight excluding hydrogens is 295 g/mol. The van der Waals surface area contributed by atoms with Gasteiger partial charge in [-0.2, -0.15) is 0 Å². The van der Waals surface area contributed by atoms with Crippen molar-refractivity contribution < 1.29 is 19.1 Å². The number of carbonyl (C=O) groups excluding carboxylic acids is 1. The lowest BCUT2D eigenvalue weighted by molar-refractivity contribution is 0.0939. The van der Waals surface area contributed by atoms with Crippen LogP contribution in [0.2, 0.25) is 0 Å². The Balaban J connectivity index is 1.86. The molecule has 2 amide bonds. The Kier molecular flexibility index (Phi) is 4.96. The summed E-state index contributed by atoms with van der Waals surface area (Å²) < 4.78 is 14.7. The number of halogens is 1. The van der Waals surface area contributed by atoms with E-state index in [-0.39, 0.29) is 31.2 Å². The van der Waals surface area contributed by atoms with Gasteiger partial charge in [-0.25, -0.2) is 14.2 Å². The first kappa shape index (κ1) is 15.4. The summed E-state index contributed by atoms with van der Waals surface area (Å²) >= 11 is 0. The summed E-state index contributed by atoms with van der Waals surface area (Å²) in [5.41, 5.74) is 0.112. The van der Waals surface area contributed by atoms with Gasteiger partial charge in [-0.1, -0.05) is 0 Å². The number of aromatic nitrogens is 4. The first-order chi connectivity index (χ1) is 10.6. The summed E-state index contributed by atoms with van der Waals surface area (Å²) in [5.74, 6) is -1.18. The fourth-order valence-electron chi connectivity index (χ4n) is 1.58. The van der Waals surface area contributed by atoms with Crippen LogP contribution >= 0.6 is 0 Å². The first-order valence-corrected chi connectivity index (χ1v) is 6.30. The van der Waals surface area contributed by atoms with Crippen molar-refractivity contribution in [3.05, 3.63) is 42.0 Å². The summed E-state index contributed by atoms with van der Waals surface area (Å²) in [7, 11) is 0. The van der Waals surface area contributed by atoms with Crippen molar-refractivity contribution >= 4 is 12.0 Å². The summed E-state index contributed by atoms with van der Waals surface area (Å²) in [4.78, 5) is 29.7. The number of hydrogen-bond acceptors (Lipinski definition) is 5. The minimum absolute atomic E-state index is 0.0827. The van der Waals surface area contributed by atoms with Crippen molar-refractivity contribution in [2.75, 3.05) is 6.54 Å². The minimum Gasteiger partial charge on any atom is -0.465 e. The van der Waals surface area contributed by atoms with Crippen molar-refractivity contribution in [3.63, 3.8) is 0 Å². The van der Waals surface area contributed by atoms with Gasteiger partial charge < -0.3 is 15.7 Å². The highest BCUT2D eigenvalue weighted by molar-refractivity contribution is 5.90. The van der Waals surface area contributed by atoms with Crippen molar-refractivity contribution in [3.8, 4) is 0 Å². The predicted octanol–water partition coefficient (Wildman–Crippen LogP) is 0.00980. The predicted molar refractivity (Wildman–Crippen MR) is 71.4 cm³/mol. The van der Waals surface area contributed by atoms with Crippen molar-refractivity contribution in [1.29, 1.82) is 0 Å². The van der Waals surface area contributed by atoms with Crippen LogP contribution in [0.3, 0.4) is 0 Å². The molecule has 2 aromatic heterocycles. The highest BCUT2D eigenvalue weighted by Gasteiger charge is 2.12. The summed E-state index contributed by atoms with van der Waals surface area (Å²) in [6.45, 7) is 0.293. The fourth-order valence-corrected chi connectivity index (χ4v) is 1.58. The smallest absolute Gasteiger partial charge is 0.404 e. The summed E-state index contributed by atoms with van der Waals surface area (Å²) in [6.07, 6.45) is 1.59. The molecule has 0 aliphatic rings. The molecule has 22 heavy (non-hydrogen) atoms. The molecule has 0 spiro atoms. The molecular formula is C12H13FN6O3. The Morgan fingerprint density at radius 1 is 1.32 bits per heavy atom. The Bertz CT molecular complexity index is 674. The highest BCUT2D eigenvalue weighted by atomic mass is 19.1. The second-order valence-corrected chi connectivity index (χ2v) is 4.18. The number of carboxylic acid groups (broad SMARTS) is 1. The average molecular weight is 308 g/mol. The standard InChI is InChI=1S/C12H13FN6O3/c13-8-2-1-3-14-9(8)6-16-11(20)10-17-7-19(18-10)5-4-15-12(21)22/h1-3,7,15H,4-6H2,(H,16,20)(H,21,22). The minimum atomic E-state index is -1.14. The molecule has 116 valence electrons. The number of nitrogens with zero attached hydrogens (tertiary/aromatic N) is 4. The van der Waals surface area contributed by atoms with Gasteiger partial charge in [0, 0.05) is 12.7 Å². The van der Waals surface area contributed by atoms with E-state index in [0.29, 0.717) is 0 Å². The zero-order chi connectivity index (χ0) is 15.9. The zero-order valence-corrected chi connectivity index (χ0v) is 11.4. The van der Waals surface area contributed by atoms with Crippen LogP contribution in [0.25, 0.3) is 0 Å². The fraction of sp³-hybridized carbons (Fsp3) is 0.250. The molecule has 0 saturated carbocycles. The van der Waals surface area contributed by atoms with Gasteiger partial charge in [-0.05, 0) is 12.1 Å². The lowest BCUT2D eigenvalue weighted by Crippen LogP contribution is -2.26. The molecule has 0 bridgehead atoms. The van der Waals surface area contributed by atoms with Crippen molar-refractivity contribution in [2.24, 2.45) is 0 Å². The van der Waals surface area contributed by atoms with E-state index in [4.69, 9.17) is 5.11 Å². The highest BCUT2D eigenvalue weighted by Crippen LogP contribution is 2.02. The van der Waals surface area contributed by atoms with Gasteiger partial charge in [0.15, 0.2) is 0 Å². The molecule has 0 aromatic carbocycles. The van der Waals surface area contributed by atoms with E-state index in [1.807, 2.05) is 0 Å². The molecule has 3 N–H and O–H groups in total. The van der Waals surface area contributed by atoms with Gasteiger partial charge in [-0.15, -0.1) is 5.10 Å². The SMILES string of the molecule is O=C(O)NCCn1cnc(C(=O)NCc2ncccc2F)n1. The second kappa shape index (κ2) is 7.11. The van der Waals surface area contributed by atoms with Crippen LogP contribution in [0.5, 0.6) is 0 Å². The molecule has 2 heterocycles. The third-order valence-corrected chi connectivity index (χ3v) is 2.61. The van der Waals surface area contributed by atoms with E-state index in [1.54, 1.807) is 0 Å². The Labute approximate surface area is 124 Å². The normalized spacial score (nSPS) is 10.2. The lowest BCUT2D eigenvalue weighted by atomic mass is 10.3. The molecule has 9 nitrogen and oxygen atoms in total. The van der Waals surface area contributed by atoms with Gasteiger partial charge in [0.2, 0.25) is 5.82 Å².